The first-order valence-corrected chi connectivity index (χ1v) is 9.31. The van der Waals surface area contributed by atoms with Crippen molar-refractivity contribution in [3.63, 3.8) is 0 Å². The molecule has 0 aromatic carbocycles. The molecule has 2 aliphatic heterocycles. The molecule has 24 heavy (non-hydrogen) atoms. The molecule has 2 saturated heterocycles. The number of rotatable bonds is 4. The van der Waals surface area contributed by atoms with Gasteiger partial charge in [0.2, 0.25) is 0 Å². The van der Waals surface area contributed by atoms with Gasteiger partial charge in [-0.1, -0.05) is 0 Å². The summed E-state index contributed by atoms with van der Waals surface area (Å²) in [5, 5.41) is 8.77. The second kappa shape index (κ2) is 7.80. The Balaban J connectivity index is 1.44. The highest BCUT2D eigenvalue weighted by molar-refractivity contribution is 7.80. The lowest BCUT2D eigenvalue weighted by Crippen LogP contribution is -2.52. The fourth-order valence-electron chi connectivity index (χ4n) is 3.50. The van der Waals surface area contributed by atoms with E-state index in [0.29, 0.717) is 6.10 Å². The third-order valence-electron chi connectivity index (χ3n) is 5.21. The van der Waals surface area contributed by atoms with Crippen molar-refractivity contribution in [2.75, 3.05) is 39.3 Å². The Bertz CT molecular complexity index is 574. The minimum atomic E-state index is 0.334. The normalized spacial score (nSPS) is 22.1. The van der Waals surface area contributed by atoms with E-state index in [2.05, 4.69) is 34.1 Å². The number of aryl methyl sites for hydroxylation is 2. The molecule has 3 heterocycles. The van der Waals surface area contributed by atoms with Gasteiger partial charge in [0.1, 0.15) is 0 Å². The Labute approximate surface area is 150 Å². The van der Waals surface area contributed by atoms with Crippen molar-refractivity contribution in [2.45, 2.75) is 39.3 Å². The maximum absolute atomic E-state index is 5.64. The molecule has 1 N–H and O–H groups in total. The third-order valence-corrected chi connectivity index (χ3v) is 5.61. The van der Waals surface area contributed by atoms with Crippen molar-refractivity contribution in [1.82, 2.24) is 24.9 Å². The summed E-state index contributed by atoms with van der Waals surface area (Å²) in [5.74, 6) is 0. The van der Waals surface area contributed by atoms with Crippen LogP contribution in [0.3, 0.4) is 0 Å². The number of nitrogens with one attached hydrogen (secondary N) is 1. The topological polar surface area (TPSA) is 45.6 Å². The molecule has 134 valence electrons. The highest BCUT2D eigenvalue weighted by Crippen LogP contribution is 2.16. The fourth-order valence-corrected chi connectivity index (χ4v) is 3.76. The van der Waals surface area contributed by atoms with Gasteiger partial charge >= 0.3 is 0 Å². The van der Waals surface area contributed by atoms with Gasteiger partial charge in [0.25, 0.3) is 0 Å². The molecule has 7 heteroatoms. The second-order valence-electron chi connectivity index (χ2n) is 6.86. The van der Waals surface area contributed by atoms with E-state index < -0.39 is 0 Å². The first-order chi connectivity index (χ1) is 11.5. The number of piperazine rings is 1. The molecule has 1 aromatic rings. The maximum Gasteiger partial charge on any atom is 0.169 e. The molecule has 2 fully saturated rings. The highest BCUT2D eigenvalue weighted by atomic mass is 32.1. The predicted molar refractivity (Wildman–Crippen MR) is 99.1 cm³/mol. The Hall–Kier alpha value is -1.18. The minimum absolute atomic E-state index is 0.334. The van der Waals surface area contributed by atoms with Crippen LogP contribution in [0.4, 0.5) is 0 Å². The summed E-state index contributed by atoms with van der Waals surface area (Å²) in [7, 11) is 2.02. The molecule has 0 saturated carbocycles. The summed E-state index contributed by atoms with van der Waals surface area (Å²) in [5.41, 5.74) is 3.78. The molecular weight excluding hydrogens is 322 g/mol. The van der Waals surface area contributed by atoms with Gasteiger partial charge in [-0.3, -0.25) is 9.58 Å². The first-order valence-electron chi connectivity index (χ1n) is 8.90. The van der Waals surface area contributed by atoms with Gasteiger partial charge in [-0.05, 0) is 38.9 Å². The first kappa shape index (κ1) is 17.6. The summed E-state index contributed by atoms with van der Waals surface area (Å²) in [6.45, 7) is 11.0. The van der Waals surface area contributed by atoms with Crippen LogP contribution in [0.25, 0.3) is 0 Å². The SMILES string of the molecule is Cc1nn(C)c(C)c1CN1CCN(C(=S)NCC2CCCO2)CC1. The van der Waals surface area contributed by atoms with Crippen LogP contribution in [-0.4, -0.2) is 70.1 Å². The average molecular weight is 352 g/mol. The Morgan fingerprint density at radius 2 is 2.04 bits per heavy atom. The van der Waals surface area contributed by atoms with Gasteiger partial charge in [-0.15, -0.1) is 0 Å². The van der Waals surface area contributed by atoms with Crippen molar-refractivity contribution < 1.29 is 4.74 Å². The standard InChI is InChI=1S/C17H29N5OS/c1-13-16(14(2)20(3)19-13)12-21-6-8-22(9-7-21)17(24)18-11-15-5-4-10-23-15/h15H,4-12H2,1-3H3,(H,18,24). The van der Waals surface area contributed by atoms with Gasteiger partial charge < -0.3 is 15.0 Å². The van der Waals surface area contributed by atoms with Crippen LogP contribution in [0.15, 0.2) is 0 Å². The molecule has 0 aliphatic carbocycles. The zero-order valence-corrected chi connectivity index (χ0v) is 15.9. The van der Waals surface area contributed by atoms with Crippen LogP contribution in [0.2, 0.25) is 0 Å². The number of ether oxygens (including phenoxy) is 1. The van der Waals surface area contributed by atoms with Crippen LogP contribution in [0.1, 0.15) is 29.8 Å². The number of nitrogens with zero attached hydrogens (tertiary/aromatic N) is 4. The van der Waals surface area contributed by atoms with Crippen LogP contribution in [0.5, 0.6) is 0 Å². The average Bonchev–Trinajstić information content (AvgIpc) is 3.18. The van der Waals surface area contributed by atoms with Crippen LogP contribution < -0.4 is 5.32 Å². The predicted octanol–water partition coefficient (Wildman–Crippen LogP) is 1.21. The van der Waals surface area contributed by atoms with E-state index >= 15 is 0 Å². The van der Waals surface area contributed by atoms with Gasteiger partial charge in [-0.25, -0.2) is 0 Å². The molecule has 6 nitrogen and oxygen atoms in total. The lowest BCUT2D eigenvalue weighted by molar-refractivity contribution is 0.112. The number of hydrogen-bond donors (Lipinski definition) is 1. The molecule has 0 amide bonds. The number of hydrogen-bond acceptors (Lipinski definition) is 4. The van der Waals surface area contributed by atoms with E-state index in [1.807, 2.05) is 11.7 Å². The van der Waals surface area contributed by atoms with Crippen molar-refractivity contribution in [3.8, 4) is 0 Å². The monoisotopic (exact) mass is 351 g/mol. The smallest absolute Gasteiger partial charge is 0.169 e. The molecular formula is C17H29N5OS. The van der Waals surface area contributed by atoms with E-state index in [-0.39, 0.29) is 0 Å². The van der Waals surface area contributed by atoms with Gasteiger partial charge in [0, 0.05) is 64.2 Å². The van der Waals surface area contributed by atoms with Crippen molar-refractivity contribution in [2.24, 2.45) is 7.05 Å². The number of aromatic nitrogens is 2. The lowest BCUT2D eigenvalue weighted by atomic mass is 10.1. The molecule has 3 rings (SSSR count). The minimum Gasteiger partial charge on any atom is -0.376 e. The molecule has 1 atom stereocenters. The van der Waals surface area contributed by atoms with E-state index in [1.165, 1.54) is 17.7 Å². The zero-order valence-electron chi connectivity index (χ0n) is 15.0. The summed E-state index contributed by atoms with van der Waals surface area (Å²) in [6, 6.07) is 0. The molecule has 1 aromatic heterocycles. The van der Waals surface area contributed by atoms with Gasteiger partial charge in [-0.2, -0.15) is 5.10 Å². The van der Waals surface area contributed by atoms with E-state index in [0.717, 1.165) is 63.1 Å². The number of thiocarbonyl (C=S) groups is 1. The van der Waals surface area contributed by atoms with Crippen LogP contribution >= 0.6 is 12.2 Å². The summed E-state index contributed by atoms with van der Waals surface area (Å²) in [6.07, 6.45) is 2.65. The Kier molecular flexibility index (Phi) is 5.73. The molecule has 0 bridgehead atoms. The zero-order chi connectivity index (χ0) is 17.1. The molecule has 0 radical (unpaired) electrons. The fraction of sp³-hybridized carbons (Fsp3) is 0.765. The summed E-state index contributed by atoms with van der Waals surface area (Å²) >= 11 is 5.55. The van der Waals surface area contributed by atoms with Gasteiger partial charge in [0.05, 0.1) is 11.8 Å². The Morgan fingerprint density at radius 1 is 1.29 bits per heavy atom. The Morgan fingerprint density at radius 3 is 2.62 bits per heavy atom. The molecule has 0 spiro atoms. The quantitative estimate of drug-likeness (QED) is 0.823. The maximum atomic E-state index is 5.64. The third kappa shape index (κ3) is 4.07. The van der Waals surface area contributed by atoms with Crippen molar-refractivity contribution >= 4 is 17.3 Å². The molecule has 2 aliphatic rings. The largest absolute Gasteiger partial charge is 0.376 e. The van der Waals surface area contributed by atoms with Crippen molar-refractivity contribution in [3.05, 3.63) is 17.0 Å². The summed E-state index contributed by atoms with van der Waals surface area (Å²) in [4.78, 5) is 4.78. The van der Waals surface area contributed by atoms with E-state index in [4.69, 9.17) is 17.0 Å². The van der Waals surface area contributed by atoms with Crippen molar-refractivity contribution in [1.29, 1.82) is 0 Å². The summed E-state index contributed by atoms with van der Waals surface area (Å²) < 4.78 is 7.62. The van der Waals surface area contributed by atoms with Gasteiger partial charge in [0.15, 0.2) is 5.11 Å². The highest BCUT2D eigenvalue weighted by Gasteiger charge is 2.22. The molecule has 1 unspecified atom stereocenters. The van der Waals surface area contributed by atoms with Crippen LogP contribution in [-0.2, 0) is 18.3 Å². The second-order valence-corrected chi connectivity index (χ2v) is 7.24. The lowest BCUT2D eigenvalue weighted by Gasteiger charge is -2.36. The van der Waals surface area contributed by atoms with E-state index in [9.17, 15) is 0 Å². The van der Waals surface area contributed by atoms with E-state index in [1.54, 1.807) is 0 Å². The van der Waals surface area contributed by atoms with Crippen LogP contribution in [0, 0.1) is 13.8 Å².